The molecular weight excluding hydrogens is 324 g/mol. The fraction of sp³-hybridized carbons (Fsp3) is 0.429. The maximum Gasteiger partial charge on any atom is 0.255 e. The quantitative estimate of drug-likeness (QED) is 0.716. The first-order chi connectivity index (χ1) is 12.7. The van der Waals surface area contributed by atoms with E-state index in [4.69, 9.17) is 0 Å². The van der Waals surface area contributed by atoms with Gasteiger partial charge in [-0.2, -0.15) is 0 Å². The minimum atomic E-state index is -0.108. The minimum absolute atomic E-state index is 0.108. The van der Waals surface area contributed by atoms with Crippen molar-refractivity contribution in [2.24, 2.45) is 11.8 Å². The molecule has 138 valence electrons. The Morgan fingerprint density at radius 1 is 1.19 bits per heavy atom. The summed E-state index contributed by atoms with van der Waals surface area (Å²) in [5, 5.41) is 10.0. The van der Waals surface area contributed by atoms with Crippen molar-refractivity contribution in [1.82, 2.24) is 15.6 Å². The number of nitrogens with one attached hydrogen (secondary N) is 3. The normalized spacial score (nSPS) is 16.2. The summed E-state index contributed by atoms with van der Waals surface area (Å²) in [6.07, 6.45) is 5.79. The largest absolute Gasteiger partial charge is 0.322 e. The van der Waals surface area contributed by atoms with E-state index < -0.39 is 0 Å². The van der Waals surface area contributed by atoms with Gasteiger partial charge in [-0.25, -0.2) is 0 Å². The number of carbonyl (C=O) groups excluding carboxylic acids is 1. The standard InChI is InChI=1S/C21H28N4O/c1-16(17-6-10-22-11-7-17)14-24-15-19-4-2-3-5-20(19)25-21(26)18-8-12-23-13-9-18/h2-5,8-9,12-13,16-17,22,24H,6-7,10-11,14-15H2,1H3,(H,25,26). The second-order valence-electron chi connectivity index (χ2n) is 7.04. The number of hydrogen-bond donors (Lipinski definition) is 3. The first kappa shape index (κ1) is 18.5. The van der Waals surface area contributed by atoms with E-state index in [0.717, 1.165) is 43.3 Å². The average molecular weight is 352 g/mol. The Bertz CT molecular complexity index is 698. The molecule has 5 nitrogen and oxygen atoms in total. The molecule has 2 aromatic rings. The van der Waals surface area contributed by atoms with Gasteiger partial charge in [0.25, 0.3) is 5.91 Å². The van der Waals surface area contributed by atoms with Crippen molar-refractivity contribution >= 4 is 11.6 Å². The van der Waals surface area contributed by atoms with Crippen LogP contribution in [0.3, 0.4) is 0 Å². The van der Waals surface area contributed by atoms with Crippen molar-refractivity contribution < 1.29 is 4.79 Å². The Morgan fingerprint density at radius 3 is 2.69 bits per heavy atom. The van der Waals surface area contributed by atoms with Crippen LogP contribution in [0.25, 0.3) is 0 Å². The molecule has 0 saturated carbocycles. The fourth-order valence-electron chi connectivity index (χ4n) is 3.51. The van der Waals surface area contributed by atoms with E-state index in [-0.39, 0.29) is 5.91 Å². The first-order valence-corrected chi connectivity index (χ1v) is 9.45. The molecule has 1 aromatic carbocycles. The highest BCUT2D eigenvalue weighted by atomic mass is 16.1. The number of para-hydroxylation sites is 1. The highest BCUT2D eigenvalue weighted by molar-refractivity contribution is 6.04. The molecule has 5 heteroatoms. The second-order valence-corrected chi connectivity index (χ2v) is 7.04. The van der Waals surface area contributed by atoms with Crippen molar-refractivity contribution in [3.63, 3.8) is 0 Å². The predicted octanol–water partition coefficient (Wildman–Crippen LogP) is 3.06. The molecule has 1 amide bonds. The summed E-state index contributed by atoms with van der Waals surface area (Å²) in [4.78, 5) is 16.3. The van der Waals surface area contributed by atoms with Crippen LogP contribution < -0.4 is 16.0 Å². The van der Waals surface area contributed by atoms with Gasteiger partial charge in [0.15, 0.2) is 0 Å². The Morgan fingerprint density at radius 2 is 1.92 bits per heavy atom. The van der Waals surface area contributed by atoms with Crippen molar-refractivity contribution in [2.45, 2.75) is 26.3 Å². The third-order valence-electron chi connectivity index (χ3n) is 5.18. The Kier molecular flexibility index (Phi) is 6.75. The molecule has 3 N–H and O–H groups in total. The molecule has 1 fully saturated rings. The van der Waals surface area contributed by atoms with Crippen LogP contribution in [0.15, 0.2) is 48.8 Å². The predicted molar refractivity (Wildman–Crippen MR) is 105 cm³/mol. The number of pyridine rings is 1. The van der Waals surface area contributed by atoms with Crippen LogP contribution >= 0.6 is 0 Å². The fourth-order valence-corrected chi connectivity index (χ4v) is 3.51. The van der Waals surface area contributed by atoms with Crippen LogP contribution in [0.2, 0.25) is 0 Å². The molecule has 0 spiro atoms. The summed E-state index contributed by atoms with van der Waals surface area (Å²) >= 11 is 0. The summed E-state index contributed by atoms with van der Waals surface area (Å²) in [5.41, 5.74) is 2.58. The average Bonchev–Trinajstić information content (AvgIpc) is 2.70. The summed E-state index contributed by atoms with van der Waals surface area (Å²) in [5.74, 6) is 1.35. The molecule has 0 radical (unpaired) electrons. The van der Waals surface area contributed by atoms with Crippen LogP contribution in [0, 0.1) is 11.8 Å². The third kappa shape index (κ3) is 5.13. The SMILES string of the molecule is CC(CNCc1ccccc1NC(=O)c1ccncc1)C1CCNCC1. The number of hydrogen-bond acceptors (Lipinski definition) is 4. The van der Waals surface area contributed by atoms with Gasteiger partial charge in [0.2, 0.25) is 0 Å². The van der Waals surface area contributed by atoms with E-state index in [1.54, 1.807) is 24.5 Å². The maximum atomic E-state index is 12.4. The summed E-state index contributed by atoms with van der Waals surface area (Å²) in [6.45, 7) is 6.36. The number of benzene rings is 1. The van der Waals surface area contributed by atoms with E-state index in [1.165, 1.54) is 12.8 Å². The maximum absolute atomic E-state index is 12.4. The van der Waals surface area contributed by atoms with Gasteiger partial charge in [0, 0.05) is 30.2 Å². The number of aromatic nitrogens is 1. The molecule has 1 unspecified atom stereocenters. The molecule has 1 aliphatic heterocycles. The number of rotatable bonds is 7. The van der Waals surface area contributed by atoms with Gasteiger partial charge in [0.1, 0.15) is 0 Å². The summed E-state index contributed by atoms with van der Waals surface area (Å²) < 4.78 is 0. The van der Waals surface area contributed by atoms with Crippen LogP contribution in [-0.4, -0.2) is 30.5 Å². The zero-order valence-electron chi connectivity index (χ0n) is 15.4. The van der Waals surface area contributed by atoms with Gasteiger partial charge in [0.05, 0.1) is 0 Å². The highest BCUT2D eigenvalue weighted by Crippen LogP contribution is 2.21. The number of carbonyl (C=O) groups is 1. The van der Waals surface area contributed by atoms with Crippen LogP contribution in [0.5, 0.6) is 0 Å². The number of anilines is 1. The van der Waals surface area contributed by atoms with Crippen molar-refractivity contribution in [2.75, 3.05) is 25.0 Å². The van der Waals surface area contributed by atoms with Gasteiger partial charge >= 0.3 is 0 Å². The van der Waals surface area contributed by atoms with E-state index in [9.17, 15) is 4.79 Å². The van der Waals surface area contributed by atoms with Crippen LogP contribution in [0.4, 0.5) is 5.69 Å². The van der Waals surface area contributed by atoms with E-state index in [0.29, 0.717) is 11.5 Å². The number of piperidine rings is 1. The van der Waals surface area contributed by atoms with Crippen molar-refractivity contribution in [1.29, 1.82) is 0 Å². The smallest absolute Gasteiger partial charge is 0.255 e. The van der Waals surface area contributed by atoms with E-state index >= 15 is 0 Å². The first-order valence-electron chi connectivity index (χ1n) is 9.45. The van der Waals surface area contributed by atoms with Gasteiger partial charge in [-0.05, 0) is 68.1 Å². The zero-order chi connectivity index (χ0) is 18.2. The second kappa shape index (κ2) is 9.46. The molecule has 26 heavy (non-hydrogen) atoms. The lowest BCUT2D eigenvalue weighted by atomic mass is 9.86. The van der Waals surface area contributed by atoms with Crippen LogP contribution in [0.1, 0.15) is 35.7 Å². The van der Waals surface area contributed by atoms with Gasteiger partial charge in [-0.3, -0.25) is 9.78 Å². The molecule has 1 aromatic heterocycles. The lowest BCUT2D eigenvalue weighted by Crippen LogP contribution is -2.34. The Hall–Kier alpha value is -2.24. The highest BCUT2D eigenvalue weighted by Gasteiger charge is 2.19. The molecule has 2 heterocycles. The van der Waals surface area contributed by atoms with Crippen molar-refractivity contribution in [3.05, 3.63) is 59.9 Å². The lowest BCUT2D eigenvalue weighted by molar-refractivity contribution is 0.102. The molecule has 0 bridgehead atoms. The lowest BCUT2D eigenvalue weighted by Gasteiger charge is -2.28. The number of amides is 1. The Balaban J connectivity index is 1.54. The van der Waals surface area contributed by atoms with Crippen molar-refractivity contribution in [3.8, 4) is 0 Å². The number of nitrogens with zero attached hydrogens (tertiary/aromatic N) is 1. The summed E-state index contributed by atoms with van der Waals surface area (Å²) in [7, 11) is 0. The van der Waals surface area contributed by atoms with E-state index in [1.807, 2.05) is 18.2 Å². The molecule has 1 saturated heterocycles. The summed E-state index contributed by atoms with van der Waals surface area (Å²) in [6, 6.07) is 11.4. The molecule has 0 aliphatic carbocycles. The molecule has 3 rings (SSSR count). The molecular formula is C21H28N4O. The minimum Gasteiger partial charge on any atom is -0.322 e. The van der Waals surface area contributed by atoms with Gasteiger partial charge in [-0.15, -0.1) is 0 Å². The van der Waals surface area contributed by atoms with Crippen LogP contribution in [-0.2, 0) is 6.54 Å². The van der Waals surface area contributed by atoms with Gasteiger partial charge < -0.3 is 16.0 Å². The monoisotopic (exact) mass is 352 g/mol. The molecule has 1 aliphatic rings. The van der Waals surface area contributed by atoms with Gasteiger partial charge in [-0.1, -0.05) is 25.1 Å². The topological polar surface area (TPSA) is 66.0 Å². The Labute approximate surface area is 155 Å². The van der Waals surface area contributed by atoms with E-state index in [2.05, 4.69) is 33.9 Å². The third-order valence-corrected chi connectivity index (χ3v) is 5.18. The zero-order valence-corrected chi connectivity index (χ0v) is 15.4. The molecule has 1 atom stereocenters.